The molecule has 0 spiro atoms. The van der Waals surface area contributed by atoms with Gasteiger partial charge in [0, 0.05) is 19.1 Å². The number of sulfonamides is 1. The zero-order valence-corrected chi connectivity index (χ0v) is 10.5. The highest BCUT2D eigenvalue weighted by molar-refractivity contribution is 7.89. The molecule has 18 heavy (non-hydrogen) atoms. The van der Waals surface area contributed by atoms with Crippen LogP contribution < -0.4 is 5.73 Å². The van der Waals surface area contributed by atoms with Crippen LogP contribution in [0.1, 0.15) is 12.8 Å². The van der Waals surface area contributed by atoms with Gasteiger partial charge in [-0.1, -0.05) is 6.07 Å². The summed E-state index contributed by atoms with van der Waals surface area (Å²) in [6.45, 7) is 0.383. The molecule has 1 saturated heterocycles. The molecule has 2 rings (SSSR count). The van der Waals surface area contributed by atoms with Crippen molar-refractivity contribution in [3.8, 4) is 0 Å². The molecular formula is C11H14F2N2O2S. The molecule has 0 unspecified atom stereocenters. The predicted octanol–water partition coefficient (Wildman–Crippen LogP) is 1.08. The largest absolute Gasteiger partial charge is 0.328 e. The molecule has 1 aliphatic rings. The summed E-state index contributed by atoms with van der Waals surface area (Å²) in [5, 5.41) is 0. The van der Waals surface area contributed by atoms with Gasteiger partial charge < -0.3 is 5.73 Å². The summed E-state index contributed by atoms with van der Waals surface area (Å²) >= 11 is 0. The first-order chi connectivity index (χ1) is 8.43. The zero-order valence-electron chi connectivity index (χ0n) is 9.64. The van der Waals surface area contributed by atoms with Crippen LogP contribution in [0.25, 0.3) is 0 Å². The minimum atomic E-state index is -4.12. The molecule has 1 heterocycles. The number of piperidine rings is 1. The molecule has 1 aromatic carbocycles. The van der Waals surface area contributed by atoms with E-state index in [1.807, 2.05) is 0 Å². The van der Waals surface area contributed by atoms with Gasteiger partial charge in [-0.2, -0.15) is 4.31 Å². The van der Waals surface area contributed by atoms with Gasteiger partial charge in [-0.15, -0.1) is 0 Å². The van der Waals surface area contributed by atoms with E-state index in [1.54, 1.807) is 0 Å². The van der Waals surface area contributed by atoms with Gasteiger partial charge in [0.25, 0.3) is 0 Å². The summed E-state index contributed by atoms with van der Waals surface area (Å²) in [7, 11) is -4.12. The van der Waals surface area contributed by atoms with E-state index in [1.165, 1.54) is 0 Å². The van der Waals surface area contributed by atoms with E-state index in [0.717, 1.165) is 22.5 Å². The fourth-order valence-electron chi connectivity index (χ4n) is 1.97. The Balaban J connectivity index is 2.37. The van der Waals surface area contributed by atoms with Crippen LogP contribution in [-0.2, 0) is 10.0 Å². The van der Waals surface area contributed by atoms with Gasteiger partial charge in [-0.3, -0.25) is 0 Å². The number of halogens is 2. The van der Waals surface area contributed by atoms with Gasteiger partial charge in [0.15, 0.2) is 4.90 Å². The fourth-order valence-corrected chi connectivity index (χ4v) is 3.55. The van der Waals surface area contributed by atoms with Gasteiger partial charge in [0.2, 0.25) is 10.0 Å². The Hall–Kier alpha value is -1.05. The highest BCUT2D eigenvalue weighted by Crippen LogP contribution is 2.24. The first-order valence-electron chi connectivity index (χ1n) is 5.62. The minimum Gasteiger partial charge on any atom is -0.328 e. The molecule has 1 aliphatic heterocycles. The second kappa shape index (κ2) is 4.91. The first kappa shape index (κ1) is 13.4. The van der Waals surface area contributed by atoms with E-state index in [-0.39, 0.29) is 19.1 Å². The maximum atomic E-state index is 13.5. The van der Waals surface area contributed by atoms with Gasteiger partial charge >= 0.3 is 0 Å². The first-order valence-corrected chi connectivity index (χ1v) is 7.06. The SMILES string of the molecule is NC1CCN(S(=O)(=O)c2c(F)cccc2F)CC1. The van der Waals surface area contributed by atoms with Crippen LogP contribution >= 0.6 is 0 Å². The minimum absolute atomic E-state index is 0.0538. The van der Waals surface area contributed by atoms with E-state index in [2.05, 4.69) is 0 Å². The normalized spacial score (nSPS) is 19.1. The Morgan fingerprint density at radius 1 is 1.17 bits per heavy atom. The molecule has 0 aromatic heterocycles. The predicted molar refractivity (Wildman–Crippen MR) is 62.3 cm³/mol. The molecule has 0 atom stereocenters. The maximum absolute atomic E-state index is 13.5. The number of nitrogens with zero attached hydrogens (tertiary/aromatic N) is 1. The number of rotatable bonds is 2. The molecule has 1 fully saturated rings. The molecule has 7 heteroatoms. The van der Waals surface area contributed by atoms with Crippen LogP contribution in [0.2, 0.25) is 0 Å². The average molecular weight is 276 g/mol. The summed E-state index contributed by atoms with van der Waals surface area (Å²) in [5.74, 6) is -2.13. The van der Waals surface area contributed by atoms with Crippen LogP contribution in [0.4, 0.5) is 8.78 Å². The third kappa shape index (κ3) is 2.38. The Labute approximate surface area is 104 Å². The van der Waals surface area contributed by atoms with Crippen molar-refractivity contribution >= 4 is 10.0 Å². The molecule has 0 amide bonds. The van der Waals surface area contributed by atoms with Crippen molar-refractivity contribution in [1.29, 1.82) is 0 Å². The second-order valence-electron chi connectivity index (χ2n) is 4.29. The zero-order chi connectivity index (χ0) is 13.3. The maximum Gasteiger partial charge on any atom is 0.248 e. The van der Waals surface area contributed by atoms with Crippen molar-refractivity contribution < 1.29 is 17.2 Å². The lowest BCUT2D eigenvalue weighted by Crippen LogP contribution is -2.43. The summed E-state index contributed by atoms with van der Waals surface area (Å²) in [6.07, 6.45) is 0.991. The summed E-state index contributed by atoms with van der Waals surface area (Å²) in [5.41, 5.74) is 5.67. The Morgan fingerprint density at radius 2 is 1.67 bits per heavy atom. The average Bonchev–Trinajstić information content (AvgIpc) is 2.29. The van der Waals surface area contributed by atoms with Crippen LogP contribution in [0.5, 0.6) is 0 Å². The lowest BCUT2D eigenvalue weighted by Gasteiger charge is -2.29. The number of nitrogens with two attached hydrogens (primary N) is 1. The Morgan fingerprint density at radius 3 is 2.17 bits per heavy atom. The molecular weight excluding hydrogens is 262 g/mol. The monoisotopic (exact) mass is 276 g/mol. The number of hydrogen-bond acceptors (Lipinski definition) is 3. The standard InChI is InChI=1S/C11H14F2N2O2S/c12-9-2-1-3-10(13)11(9)18(16,17)15-6-4-8(14)5-7-15/h1-3,8H,4-7,14H2. The van der Waals surface area contributed by atoms with E-state index >= 15 is 0 Å². The number of hydrogen-bond donors (Lipinski definition) is 1. The summed E-state index contributed by atoms with van der Waals surface area (Å²) < 4.78 is 52.4. The van der Waals surface area contributed by atoms with Crippen LogP contribution in [-0.4, -0.2) is 31.9 Å². The molecule has 0 radical (unpaired) electrons. The van der Waals surface area contributed by atoms with Gasteiger partial charge in [-0.25, -0.2) is 17.2 Å². The van der Waals surface area contributed by atoms with Crippen molar-refractivity contribution in [2.24, 2.45) is 5.73 Å². The third-order valence-electron chi connectivity index (χ3n) is 3.02. The second-order valence-corrected chi connectivity index (χ2v) is 6.17. The van der Waals surface area contributed by atoms with Crippen molar-refractivity contribution in [2.75, 3.05) is 13.1 Å². The van der Waals surface area contributed by atoms with Crippen molar-refractivity contribution in [1.82, 2.24) is 4.31 Å². The lowest BCUT2D eigenvalue weighted by molar-refractivity contribution is 0.317. The highest BCUT2D eigenvalue weighted by Gasteiger charge is 2.32. The molecule has 4 nitrogen and oxygen atoms in total. The molecule has 0 bridgehead atoms. The highest BCUT2D eigenvalue weighted by atomic mass is 32.2. The van der Waals surface area contributed by atoms with E-state index in [4.69, 9.17) is 5.73 Å². The van der Waals surface area contributed by atoms with Gasteiger partial charge in [0.1, 0.15) is 11.6 Å². The smallest absolute Gasteiger partial charge is 0.248 e. The Bertz CT molecular complexity index is 520. The van der Waals surface area contributed by atoms with Crippen molar-refractivity contribution in [2.45, 2.75) is 23.8 Å². The van der Waals surface area contributed by atoms with E-state index in [9.17, 15) is 17.2 Å². The van der Waals surface area contributed by atoms with Crippen LogP contribution in [0.15, 0.2) is 23.1 Å². The van der Waals surface area contributed by atoms with E-state index in [0.29, 0.717) is 12.8 Å². The van der Waals surface area contributed by atoms with E-state index < -0.39 is 26.6 Å². The molecule has 2 N–H and O–H groups in total. The number of benzene rings is 1. The van der Waals surface area contributed by atoms with Crippen LogP contribution in [0, 0.1) is 11.6 Å². The summed E-state index contributed by atoms with van der Waals surface area (Å²) in [6, 6.07) is 2.95. The fraction of sp³-hybridized carbons (Fsp3) is 0.455. The van der Waals surface area contributed by atoms with Crippen molar-refractivity contribution in [3.05, 3.63) is 29.8 Å². The van der Waals surface area contributed by atoms with Crippen LogP contribution in [0.3, 0.4) is 0 Å². The van der Waals surface area contributed by atoms with Crippen molar-refractivity contribution in [3.63, 3.8) is 0 Å². The topological polar surface area (TPSA) is 63.4 Å². The van der Waals surface area contributed by atoms with Gasteiger partial charge in [-0.05, 0) is 25.0 Å². The lowest BCUT2D eigenvalue weighted by atomic mass is 10.1. The summed E-state index contributed by atoms with van der Waals surface area (Å²) in [4.78, 5) is -0.875. The molecule has 0 saturated carbocycles. The van der Waals surface area contributed by atoms with Gasteiger partial charge in [0.05, 0.1) is 0 Å². The molecule has 100 valence electrons. The Kier molecular flexibility index (Phi) is 3.65. The third-order valence-corrected chi connectivity index (χ3v) is 4.97. The molecule has 1 aromatic rings. The molecule has 0 aliphatic carbocycles. The quantitative estimate of drug-likeness (QED) is 0.879.